The largest absolute Gasteiger partial charge is 0.493 e. The van der Waals surface area contributed by atoms with Gasteiger partial charge in [-0.15, -0.1) is 0 Å². The fourth-order valence-corrected chi connectivity index (χ4v) is 6.49. The van der Waals surface area contributed by atoms with E-state index in [9.17, 15) is 9.90 Å². The third kappa shape index (κ3) is 4.92. The Kier molecular flexibility index (Phi) is 7.10. The van der Waals surface area contributed by atoms with Crippen molar-refractivity contribution in [2.45, 2.75) is 57.8 Å². The molecule has 0 unspecified atom stereocenters. The van der Waals surface area contributed by atoms with Crippen LogP contribution in [0.2, 0.25) is 0 Å². The molecule has 1 aliphatic rings. The van der Waals surface area contributed by atoms with E-state index in [-0.39, 0.29) is 5.69 Å². The molecule has 0 radical (unpaired) electrons. The van der Waals surface area contributed by atoms with Gasteiger partial charge in [-0.3, -0.25) is 0 Å². The topological polar surface area (TPSA) is 62.3 Å². The number of rotatable bonds is 8. The van der Waals surface area contributed by atoms with E-state index in [1.54, 1.807) is 0 Å². The number of fused-ring (bicyclic) bond motifs is 2. The maximum absolute atomic E-state index is 12.4. The smallest absolute Gasteiger partial charge is 0.352 e. The fourth-order valence-electron chi connectivity index (χ4n) is 6.49. The highest BCUT2D eigenvalue weighted by atomic mass is 16.5. The van der Waals surface area contributed by atoms with Crippen LogP contribution >= 0.6 is 0 Å². The van der Waals surface area contributed by atoms with E-state index in [1.165, 1.54) is 48.8 Å². The van der Waals surface area contributed by atoms with E-state index in [4.69, 9.17) is 4.74 Å². The molecule has 1 aromatic heterocycles. The van der Waals surface area contributed by atoms with Gasteiger partial charge >= 0.3 is 5.97 Å². The number of aromatic carboxylic acids is 1. The number of hydrogen-bond acceptors (Lipinski definition) is 2. The molecule has 0 amide bonds. The number of nitrogens with one attached hydrogen (secondary N) is 1. The summed E-state index contributed by atoms with van der Waals surface area (Å²) in [6.07, 6.45) is 7.66. The predicted molar refractivity (Wildman–Crippen MR) is 159 cm³/mol. The van der Waals surface area contributed by atoms with Gasteiger partial charge in [0.1, 0.15) is 11.4 Å². The average molecular weight is 518 g/mol. The van der Waals surface area contributed by atoms with Crippen molar-refractivity contribution in [1.29, 1.82) is 0 Å². The standard InChI is InChI=1S/C35H35NO3/c1-23-11-7-17-27(25-12-3-2-4-13-25)32(23)30-19-9-18-28-29(34(35(37)38)36-33(28)30)20-10-22-39-31-21-8-15-24-14-5-6-16-26(24)31/h5-9,11,14-19,21,25,36H,2-4,10,12-13,20,22H2,1H3,(H,37,38). The number of carboxylic acids is 1. The average Bonchev–Trinajstić information content (AvgIpc) is 3.35. The highest BCUT2D eigenvalue weighted by Gasteiger charge is 2.24. The lowest BCUT2D eigenvalue weighted by Gasteiger charge is -2.25. The van der Waals surface area contributed by atoms with Gasteiger partial charge in [-0.25, -0.2) is 4.79 Å². The molecule has 1 saturated carbocycles. The number of benzene rings is 4. The van der Waals surface area contributed by atoms with Crippen LogP contribution in [0.3, 0.4) is 0 Å². The van der Waals surface area contributed by atoms with Gasteiger partial charge < -0.3 is 14.8 Å². The van der Waals surface area contributed by atoms with Crippen molar-refractivity contribution in [3.63, 3.8) is 0 Å². The third-order valence-electron chi connectivity index (χ3n) is 8.35. The van der Waals surface area contributed by atoms with Crippen LogP contribution in [0, 0.1) is 6.92 Å². The van der Waals surface area contributed by atoms with Gasteiger partial charge in [0.25, 0.3) is 0 Å². The maximum atomic E-state index is 12.4. The molecule has 0 saturated heterocycles. The molecule has 0 aliphatic heterocycles. The van der Waals surface area contributed by atoms with Gasteiger partial charge in [-0.1, -0.05) is 92.1 Å². The molecule has 1 heterocycles. The number of aromatic nitrogens is 1. The van der Waals surface area contributed by atoms with Crippen molar-refractivity contribution >= 4 is 27.6 Å². The van der Waals surface area contributed by atoms with Gasteiger partial charge in [-0.2, -0.15) is 0 Å². The molecule has 4 nitrogen and oxygen atoms in total. The van der Waals surface area contributed by atoms with Crippen LogP contribution in [0.15, 0.2) is 78.9 Å². The Morgan fingerprint density at radius 1 is 0.897 bits per heavy atom. The van der Waals surface area contributed by atoms with Crippen LogP contribution in [0.5, 0.6) is 5.75 Å². The van der Waals surface area contributed by atoms with Gasteiger partial charge in [0, 0.05) is 16.3 Å². The number of para-hydroxylation sites is 1. The minimum absolute atomic E-state index is 0.287. The number of ether oxygens (including phenoxy) is 1. The van der Waals surface area contributed by atoms with Crippen LogP contribution in [0.4, 0.5) is 0 Å². The highest BCUT2D eigenvalue weighted by molar-refractivity contribution is 6.03. The van der Waals surface area contributed by atoms with Crippen molar-refractivity contribution in [3.05, 3.63) is 101 Å². The van der Waals surface area contributed by atoms with Gasteiger partial charge in [0.2, 0.25) is 0 Å². The predicted octanol–water partition coefficient (Wildman–Crippen LogP) is 9.05. The zero-order valence-electron chi connectivity index (χ0n) is 22.5. The number of H-pyrrole nitrogens is 1. The fraction of sp³-hybridized carbons (Fsp3) is 0.286. The minimum atomic E-state index is -0.917. The molecule has 0 spiro atoms. The SMILES string of the molecule is Cc1cccc(C2CCCCC2)c1-c1cccc2c(CCCOc3cccc4ccccc34)c(C(=O)O)[nH]c12. The summed E-state index contributed by atoms with van der Waals surface area (Å²) in [6.45, 7) is 2.69. The summed E-state index contributed by atoms with van der Waals surface area (Å²) in [4.78, 5) is 15.7. The van der Waals surface area contributed by atoms with Crippen LogP contribution in [0.1, 0.15) is 71.6 Å². The molecule has 1 fully saturated rings. The molecule has 4 aromatic carbocycles. The molecule has 0 bridgehead atoms. The molecule has 4 heteroatoms. The van der Waals surface area contributed by atoms with Gasteiger partial charge in [0.05, 0.1) is 12.1 Å². The van der Waals surface area contributed by atoms with Crippen molar-refractivity contribution in [2.75, 3.05) is 6.61 Å². The Balaban J connectivity index is 1.31. The zero-order chi connectivity index (χ0) is 26.8. The summed E-state index contributed by atoms with van der Waals surface area (Å²) < 4.78 is 6.16. The minimum Gasteiger partial charge on any atom is -0.493 e. The maximum Gasteiger partial charge on any atom is 0.352 e. The lowest BCUT2D eigenvalue weighted by Crippen LogP contribution is -2.07. The lowest BCUT2D eigenvalue weighted by atomic mass is 9.79. The van der Waals surface area contributed by atoms with E-state index in [1.807, 2.05) is 24.3 Å². The van der Waals surface area contributed by atoms with Crippen LogP contribution in [-0.4, -0.2) is 22.7 Å². The zero-order valence-corrected chi connectivity index (χ0v) is 22.5. The molecule has 1 aliphatic carbocycles. The Bertz CT molecular complexity index is 1640. The van der Waals surface area contributed by atoms with E-state index in [0.717, 1.165) is 45.0 Å². The third-order valence-corrected chi connectivity index (χ3v) is 8.35. The molecular formula is C35H35NO3. The summed E-state index contributed by atoms with van der Waals surface area (Å²) in [5.41, 5.74) is 7.07. The van der Waals surface area contributed by atoms with Crippen molar-refractivity contribution in [3.8, 4) is 16.9 Å². The summed E-state index contributed by atoms with van der Waals surface area (Å²) in [7, 11) is 0. The Morgan fingerprint density at radius 2 is 1.64 bits per heavy atom. The van der Waals surface area contributed by atoms with Crippen LogP contribution in [0.25, 0.3) is 32.8 Å². The number of aromatic amines is 1. The first kappa shape index (κ1) is 25.2. The van der Waals surface area contributed by atoms with Gasteiger partial charge in [0.15, 0.2) is 0 Å². The molecule has 2 N–H and O–H groups in total. The highest BCUT2D eigenvalue weighted by Crippen LogP contribution is 2.42. The first-order valence-corrected chi connectivity index (χ1v) is 14.2. The molecule has 39 heavy (non-hydrogen) atoms. The number of carboxylic acid groups (broad SMARTS) is 1. The van der Waals surface area contributed by atoms with E-state index < -0.39 is 5.97 Å². The van der Waals surface area contributed by atoms with E-state index >= 15 is 0 Å². The van der Waals surface area contributed by atoms with E-state index in [0.29, 0.717) is 18.9 Å². The van der Waals surface area contributed by atoms with Crippen molar-refractivity contribution < 1.29 is 14.6 Å². The Labute approximate surface area is 229 Å². The summed E-state index contributed by atoms with van der Waals surface area (Å²) in [5.74, 6) is 0.505. The first-order chi connectivity index (χ1) is 19.1. The van der Waals surface area contributed by atoms with E-state index in [2.05, 4.69) is 66.5 Å². The van der Waals surface area contributed by atoms with Gasteiger partial charge in [-0.05, 0) is 72.2 Å². The molecule has 198 valence electrons. The molecule has 5 aromatic rings. The molecule has 0 atom stereocenters. The summed E-state index contributed by atoms with van der Waals surface area (Å²) in [5, 5.41) is 13.4. The van der Waals surface area contributed by atoms with Crippen molar-refractivity contribution in [2.24, 2.45) is 0 Å². The molecular weight excluding hydrogens is 482 g/mol. The summed E-state index contributed by atoms with van der Waals surface area (Å²) >= 11 is 0. The van der Waals surface area contributed by atoms with Crippen LogP contribution < -0.4 is 4.74 Å². The lowest BCUT2D eigenvalue weighted by molar-refractivity contribution is 0.0690. The summed E-state index contributed by atoms with van der Waals surface area (Å²) in [6, 6.07) is 27.2. The number of aryl methyl sites for hydroxylation is 2. The van der Waals surface area contributed by atoms with Crippen LogP contribution in [-0.2, 0) is 6.42 Å². The second-order valence-corrected chi connectivity index (χ2v) is 10.8. The number of carbonyl (C=O) groups is 1. The van der Waals surface area contributed by atoms with Crippen molar-refractivity contribution in [1.82, 2.24) is 4.98 Å². The first-order valence-electron chi connectivity index (χ1n) is 14.2. The monoisotopic (exact) mass is 517 g/mol. The second kappa shape index (κ2) is 11.0. The molecule has 6 rings (SSSR count). The quantitative estimate of drug-likeness (QED) is 0.202. The Hall–Kier alpha value is -4.05. The number of hydrogen-bond donors (Lipinski definition) is 2. The second-order valence-electron chi connectivity index (χ2n) is 10.8. The Morgan fingerprint density at radius 3 is 2.49 bits per heavy atom. The normalized spacial score (nSPS) is 14.2.